The van der Waals surface area contributed by atoms with E-state index in [9.17, 15) is 0 Å². The van der Waals surface area contributed by atoms with E-state index in [1.54, 1.807) is 0 Å². The second-order valence-electron chi connectivity index (χ2n) is 7.28. The highest BCUT2D eigenvalue weighted by atomic mass is 35.5. The Morgan fingerprint density at radius 3 is 2.70 bits per heavy atom. The molecule has 0 atom stereocenters. The molecule has 30 heavy (non-hydrogen) atoms. The minimum atomic E-state index is 0.510. The molecule has 0 aliphatic rings. The Kier molecular flexibility index (Phi) is 5.88. The number of aromatic nitrogens is 1. The summed E-state index contributed by atoms with van der Waals surface area (Å²) in [6, 6.07) is 15.9. The van der Waals surface area contributed by atoms with Crippen LogP contribution in [0, 0.1) is 0 Å². The molecular formula is C23H23ClN4O2. The maximum Gasteiger partial charge on any atom is 0.230 e. The number of benzene rings is 2. The normalized spacial score (nSPS) is 12.1. The van der Waals surface area contributed by atoms with Gasteiger partial charge in [0, 0.05) is 17.6 Å². The zero-order chi connectivity index (χ0) is 21.1. The molecule has 2 heterocycles. The Labute approximate surface area is 180 Å². The summed E-state index contributed by atoms with van der Waals surface area (Å²) in [5.41, 5.74) is 4.98. The molecule has 0 saturated carbocycles. The van der Waals surface area contributed by atoms with Gasteiger partial charge in [-0.3, -0.25) is 0 Å². The van der Waals surface area contributed by atoms with Crippen molar-refractivity contribution >= 4 is 50.7 Å². The molecule has 0 fully saturated rings. The number of fused-ring (bicyclic) bond motifs is 2. The van der Waals surface area contributed by atoms with Crippen molar-refractivity contribution in [2.45, 2.75) is 6.92 Å². The number of nitrogens with one attached hydrogen (secondary N) is 1. The van der Waals surface area contributed by atoms with Crippen LogP contribution in [0.2, 0.25) is 5.02 Å². The zero-order valence-corrected chi connectivity index (χ0v) is 17.9. The molecule has 0 aliphatic heterocycles. The van der Waals surface area contributed by atoms with E-state index in [2.05, 4.69) is 20.4 Å². The number of likely N-dealkylation sites (N-methyl/N-ethyl adjacent to an activating group) is 1. The Hall–Kier alpha value is -3.09. The van der Waals surface area contributed by atoms with Crippen LogP contribution in [0.4, 0.5) is 11.4 Å². The Bertz CT molecular complexity index is 1200. The van der Waals surface area contributed by atoms with Crippen LogP contribution in [-0.4, -0.2) is 42.8 Å². The van der Waals surface area contributed by atoms with Gasteiger partial charge in [-0.05, 0) is 44.8 Å². The van der Waals surface area contributed by atoms with Crippen molar-refractivity contribution in [3.05, 3.63) is 65.4 Å². The van der Waals surface area contributed by atoms with Gasteiger partial charge in [-0.2, -0.15) is 0 Å². The quantitative estimate of drug-likeness (QED) is 0.236. The molecule has 2 aromatic carbocycles. The van der Waals surface area contributed by atoms with Crippen LogP contribution >= 0.6 is 11.6 Å². The number of pyridine rings is 1. The van der Waals surface area contributed by atoms with Crippen LogP contribution < -0.4 is 5.32 Å². The van der Waals surface area contributed by atoms with E-state index in [-0.39, 0.29) is 0 Å². The van der Waals surface area contributed by atoms with Gasteiger partial charge in [-0.1, -0.05) is 47.1 Å². The molecule has 1 N–H and O–H groups in total. The lowest BCUT2D eigenvalue weighted by Crippen LogP contribution is -2.17. The van der Waals surface area contributed by atoms with Crippen LogP contribution in [0.1, 0.15) is 12.5 Å². The molecule has 0 unspecified atom stereocenters. The molecule has 2 aromatic heterocycles. The van der Waals surface area contributed by atoms with Gasteiger partial charge in [0.2, 0.25) is 5.71 Å². The van der Waals surface area contributed by atoms with Crippen molar-refractivity contribution < 1.29 is 9.25 Å². The fraction of sp³-hybridized carbons (Fsp3) is 0.217. The first-order valence-electron chi connectivity index (χ1n) is 9.67. The van der Waals surface area contributed by atoms with E-state index >= 15 is 0 Å². The number of halogens is 1. The third kappa shape index (κ3) is 4.25. The van der Waals surface area contributed by atoms with E-state index in [4.69, 9.17) is 20.9 Å². The minimum absolute atomic E-state index is 0.510. The van der Waals surface area contributed by atoms with Crippen molar-refractivity contribution in [3.63, 3.8) is 0 Å². The predicted octanol–water partition coefficient (Wildman–Crippen LogP) is 5.68. The number of rotatable bonds is 7. The lowest BCUT2D eigenvalue weighted by atomic mass is 10.1. The van der Waals surface area contributed by atoms with E-state index in [0.29, 0.717) is 17.3 Å². The van der Waals surface area contributed by atoms with Crippen molar-refractivity contribution in [1.82, 2.24) is 9.88 Å². The highest BCUT2D eigenvalue weighted by Crippen LogP contribution is 2.38. The number of nitrogens with zero attached hydrogens (tertiary/aromatic N) is 3. The van der Waals surface area contributed by atoms with Crippen LogP contribution in [0.25, 0.3) is 22.0 Å². The third-order valence-corrected chi connectivity index (χ3v) is 5.05. The molecule has 4 rings (SSSR count). The topological polar surface area (TPSA) is 62.9 Å². The fourth-order valence-corrected chi connectivity index (χ4v) is 3.37. The minimum Gasteiger partial charge on any atom is -0.444 e. The van der Waals surface area contributed by atoms with Crippen LogP contribution in [0.15, 0.2) is 64.4 Å². The zero-order valence-electron chi connectivity index (χ0n) is 17.1. The summed E-state index contributed by atoms with van der Waals surface area (Å²) in [6.45, 7) is 3.31. The third-order valence-electron chi connectivity index (χ3n) is 4.78. The van der Waals surface area contributed by atoms with Gasteiger partial charge in [-0.25, -0.2) is 4.98 Å². The van der Waals surface area contributed by atoms with Crippen molar-refractivity contribution in [2.75, 3.05) is 32.6 Å². The molecule has 0 spiro atoms. The van der Waals surface area contributed by atoms with Gasteiger partial charge in [0.25, 0.3) is 0 Å². The summed E-state index contributed by atoms with van der Waals surface area (Å²) in [5, 5.41) is 9.96. The summed E-state index contributed by atoms with van der Waals surface area (Å²) >= 11 is 6.38. The molecule has 0 saturated heterocycles. The second kappa shape index (κ2) is 8.73. The molecule has 7 heteroatoms. The highest BCUT2D eigenvalue weighted by molar-refractivity contribution is 6.37. The largest absolute Gasteiger partial charge is 0.444 e. The number of oxime groups is 1. The first-order valence-corrected chi connectivity index (χ1v) is 10.0. The summed E-state index contributed by atoms with van der Waals surface area (Å²) in [5.74, 6) is 0. The first-order chi connectivity index (χ1) is 14.5. The highest BCUT2D eigenvalue weighted by Gasteiger charge is 2.15. The van der Waals surface area contributed by atoms with E-state index in [0.717, 1.165) is 45.5 Å². The number of para-hydroxylation sites is 1. The number of anilines is 2. The van der Waals surface area contributed by atoms with Gasteiger partial charge in [0.05, 0.1) is 27.3 Å². The van der Waals surface area contributed by atoms with E-state index in [1.807, 2.05) is 69.6 Å². The fourth-order valence-electron chi connectivity index (χ4n) is 3.15. The SMILES string of the molecule is CC(=NOCCN(C)C)c1ccc(Nc2c3ccccc3nc3occ(Cl)c23)cc1. The molecule has 6 nitrogen and oxygen atoms in total. The maximum absolute atomic E-state index is 6.38. The van der Waals surface area contributed by atoms with Gasteiger partial charge >= 0.3 is 0 Å². The molecular weight excluding hydrogens is 400 g/mol. The lowest BCUT2D eigenvalue weighted by molar-refractivity contribution is 0.126. The summed E-state index contributed by atoms with van der Waals surface area (Å²) in [6.07, 6.45) is 1.52. The molecule has 0 aliphatic carbocycles. The number of hydrogen-bond donors (Lipinski definition) is 1. The summed E-state index contributed by atoms with van der Waals surface area (Å²) in [7, 11) is 4.00. The standard InChI is InChI=1S/C23H23ClN4O2/c1-15(27-30-13-12-28(2)3)16-8-10-17(11-9-16)25-22-18-6-4-5-7-20(18)26-23-21(22)19(24)14-29-23/h4-11,14H,12-13H2,1-3H3,(H,25,26). The molecule has 0 amide bonds. The predicted molar refractivity (Wildman–Crippen MR) is 123 cm³/mol. The van der Waals surface area contributed by atoms with E-state index < -0.39 is 0 Å². The summed E-state index contributed by atoms with van der Waals surface area (Å²) < 4.78 is 5.53. The molecule has 154 valence electrons. The number of furan rings is 1. The van der Waals surface area contributed by atoms with Crippen LogP contribution in [0.3, 0.4) is 0 Å². The average Bonchev–Trinajstić information content (AvgIpc) is 3.11. The van der Waals surface area contributed by atoms with Crippen LogP contribution in [0.5, 0.6) is 0 Å². The van der Waals surface area contributed by atoms with Gasteiger partial charge in [0.1, 0.15) is 12.9 Å². The maximum atomic E-state index is 6.38. The van der Waals surface area contributed by atoms with Crippen molar-refractivity contribution in [3.8, 4) is 0 Å². The van der Waals surface area contributed by atoms with Gasteiger partial charge in [-0.15, -0.1) is 0 Å². The summed E-state index contributed by atoms with van der Waals surface area (Å²) in [4.78, 5) is 12.0. The Balaban J connectivity index is 1.60. The van der Waals surface area contributed by atoms with Gasteiger partial charge in [0.15, 0.2) is 0 Å². The molecule has 0 bridgehead atoms. The average molecular weight is 423 g/mol. The monoisotopic (exact) mass is 422 g/mol. The Morgan fingerprint density at radius 1 is 1.17 bits per heavy atom. The van der Waals surface area contributed by atoms with Crippen molar-refractivity contribution in [1.29, 1.82) is 0 Å². The van der Waals surface area contributed by atoms with Crippen LogP contribution in [-0.2, 0) is 4.84 Å². The smallest absolute Gasteiger partial charge is 0.230 e. The van der Waals surface area contributed by atoms with E-state index in [1.165, 1.54) is 6.26 Å². The molecule has 4 aromatic rings. The lowest BCUT2D eigenvalue weighted by Gasteiger charge is -2.12. The Morgan fingerprint density at radius 2 is 1.93 bits per heavy atom. The number of hydrogen-bond acceptors (Lipinski definition) is 6. The van der Waals surface area contributed by atoms with Gasteiger partial charge < -0.3 is 19.5 Å². The first kappa shape index (κ1) is 20.2. The van der Waals surface area contributed by atoms with Crippen molar-refractivity contribution in [2.24, 2.45) is 5.16 Å². The second-order valence-corrected chi connectivity index (χ2v) is 7.69. The molecule has 0 radical (unpaired) electrons.